The lowest BCUT2D eigenvalue weighted by Gasteiger charge is -2.30. The number of carbonyl (C=O) groups is 1. The second-order valence-electron chi connectivity index (χ2n) is 5.11. The Hall–Kier alpha value is -0.650. The Morgan fingerprint density at radius 2 is 1.94 bits per heavy atom. The summed E-state index contributed by atoms with van der Waals surface area (Å²) in [7, 11) is 0. The summed E-state index contributed by atoms with van der Waals surface area (Å²) in [4.78, 5) is 13.7. The molecule has 0 bridgehead atoms. The summed E-state index contributed by atoms with van der Waals surface area (Å²) in [6.07, 6.45) is 3.63. The monoisotopic (exact) mass is 241 g/mol. The fraction of sp³-hybridized carbons (Fsp3) is 0.917. The third-order valence-electron chi connectivity index (χ3n) is 3.97. The van der Waals surface area contributed by atoms with Gasteiger partial charge in [0.15, 0.2) is 0 Å². The van der Waals surface area contributed by atoms with Crippen molar-refractivity contribution in [2.24, 2.45) is 0 Å². The molecule has 0 radical (unpaired) electrons. The number of hydrogen-bond donors (Lipinski definition) is 3. The number of piperazine rings is 1. The van der Waals surface area contributed by atoms with E-state index >= 15 is 0 Å². The van der Waals surface area contributed by atoms with Crippen LogP contribution in [0.5, 0.6) is 0 Å². The fourth-order valence-corrected chi connectivity index (χ4v) is 2.83. The van der Waals surface area contributed by atoms with Gasteiger partial charge in [0, 0.05) is 39.3 Å². The molecule has 3 N–H and O–H groups in total. The molecular weight excluding hydrogens is 218 g/mol. The van der Waals surface area contributed by atoms with Gasteiger partial charge in [0.1, 0.15) is 5.54 Å². The lowest BCUT2D eigenvalue weighted by Crippen LogP contribution is -2.53. The highest BCUT2D eigenvalue weighted by Crippen LogP contribution is 2.29. The topological polar surface area (TPSA) is 64.6 Å². The number of carboxylic acid groups (broad SMARTS) is 1. The normalized spacial score (nSPS) is 24.9. The molecule has 2 aliphatic rings. The molecule has 1 aliphatic heterocycles. The van der Waals surface area contributed by atoms with Crippen LogP contribution < -0.4 is 10.6 Å². The van der Waals surface area contributed by atoms with E-state index < -0.39 is 11.5 Å². The summed E-state index contributed by atoms with van der Waals surface area (Å²) < 4.78 is 0. The molecule has 17 heavy (non-hydrogen) atoms. The highest BCUT2D eigenvalue weighted by molar-refractivity contribution is 5.79. The van der Waals surface area contributed by atoms with Crippen molar-refractivity contribution in [1.29, 1.82) is 0 Å². The van der Waals surface area contributed by atoms with Crippen molar-refractivity contribution in [2.75, 3.05) is 39.3 Å². The van der Waals surface area contributed by atoms with E-state index in [2.05, 4.69) is 15.5 Å². The summed E-state index contributed by atoms with van der Waals surface area (Å²) in [6.45, 7) is 5.97. The minimum Gasteiger partial charge on any atom is -0.480 e. The van der Waals surface area contributed by atoms with E-state index in [9.17, 15) is 9.90 Å². The minimum atomic E-state index is -0.671. The van der Waals surface area contributed by atoms with E-state index in [0.29, 0.717) is 0 Å². The number of nitrogens with zero attached hydrogens (tertiary/aromatic N) is 1. The largest absolute Gasteiger partial charge is 0.480 e. The van der Waals surface area contributed by atoms with E-state index in [4.69, 9.17) is 0 Å². The minimum absolute atomic E-state index is 0.631. The van der Waals surface area contributed by atoms with Crippen molar-refractivity contribution in [3.63, 3.8) is 0 Å². The molecule has 1 saturated heterocycles. The molecule has 2 fully saturated rings. The van der Waals surface area contributed by atoms with Crippen LogP contribution in [0.3, 0.4) is 0 Å². The first-order chi connectivity index (χ1) is 8.23. The van der Waals surface area contributed by atoms with Crippen LogP contribution in [0, 0.1) is 0 Å². The van der Waals surface area contributed by atoms with Gasteiger partial charge in [-0.1, -0.05) is 12.8 Å². The maximum atomic E-state index is 11.3. The van der Waals surface area contributed by atoms with Gasteiger partial charge < -0.3 is 15.7 Å². The standard InChI is InChI=1S/C12H23N3O2/c16-11(17)12(3-1-2-4-12)14-7-10-15-8-5-13-6-9-15/h13-14H,1-10H2,(H,16,17). The predicted molar refractivity (Wildman–Crippen MR) is 66.1 cm³/mol. The number of aliphatic carboxylic acids is 1. The fourth-order valence-electron chi connectivity index (χ4n) is 2.83. The second kappa shape index (κ2) is 5.80. The van der Waals surface area contributed by atoms with Crippen LogP contribution in [0.4, 0.5) is 0 Å². The molecule has 0 aromatic rings. The summed E-state index contributed by atoms with van der Waals surface area (Å²) in [5.74, 6) is -0.671. The van der Waals surface area contributed by atoms with Crippen molar-refractivity contribution >= 4 is 5.97 Å². The molecule has 5 heteroatoms. The molecule has 1 heterocycles. The zero-order valence-corrected chi connectivity index (χ0v) is 10.4. The Labute approximate surface area is 103 Å². The van der Waals surface area contributed by atoms with Gasteiger partial charge in [-0.25, -0.2) is 0 Å². The molecule has 2 rings (SSSR count). The van der Waals surface area contributed by atoms with Crippen LogP contribution in [0.2, 0.25) is 0 Å². The maximum Gasteiger partial charge on any atom is 0.323 e. The highest BCUT2D eigenvalue weighted by Gasteiger charge is 2.40. The molecule has 1 saturated carbocycles. The first-order valence-electron chi connectivity index (χ1n) is 6.64. The maximum absolute atomic E-state index is 11.3. The molecular formula is C12H23N3O2. The Morgan fingerprint density at radius 1 is 1.29 bits per heavy atom. The lowest BCUT2D eigenvalue weighted by molar-refractivity contribution is -0.144. The number of hydrogen-bond acceptors (Lipinski definition) is 4. The molecule has 0 amide bonds. The average Bonchev–Trinajstić information content (AvgIpc) is 2.80. The van der Waals surface area contributed by atoms with Crippen molar-refractivity contribution < 1.29 is 9.90 Å². The first-order valence-corrected chi connectivity index (χ1v) is 6.64. The quantitative estimate of drug-likeness (QED) is 0.626. The Bertz CT molecular complexity index is 258. The van der Waals surface area contributed by atoms with Crippen molar-refractivity contribution in [2.45, 2.75) is 31.2 Å². The van der Waals surface area contributed by atoms with E-state index in [1.807, 2.05) is 0 Å². The van der Waals surface area contributed by atoms with Gasteiger partial charge >= 0.3 is 5.97 Å². The van der Waals surface area contributed by atoms with Crippen LogP contribution in [-0.4, -0.2) is 60.8 Å². The SMILES string of the molecule is O=C(O)C1(NCCN2CCNCC2)CCCC1. The van der Waals surface area contributed by atoms with Gasteiger partial charge in [-0.3, -0.25) is 9.69 Å². The number of nitrogens with one attached hydrogen (secondary N) is 2. The van der Waals surface area contributed by atoms with Gasteiger partial charge in [-0.2, -0.15) is 0 Å². The van der Waals surface area contributed by atoms with Crippen LogP contribution in [0.15, 0.2) is 0 Å². The third-order valence-corrected chi connectivity index (χ3v) is 3.97. The second-order valence-corrected chi connectivity index (χ2v) is 5.11. The Balaban J connectivity index is 1.74. The zero-order chi connectivity index (χ0) is 12.1. The van der Waals surface area contributed by atoms with Crippen molar-refractivity contribution in [3.8, 4) is 0 Å². The van der Waals surface area contributed by atoms with E-state index in [1.165, 1.54) is 0 Å². The van der Waals surface area contributed by atoms with Gasteiger partial charge in [0.05, 0.1) is 0 Å². The predicted octanol–water partition coefficient (Wildman–Crippen LogP) is -0.121. The number of rotatable bonds is 5. The number of carboxylic acids is 1. The molecule has 0 atom stereocenters. The molecule has 1 aliphatic carbocycles. The third kappa shape index (κ3) is 3.18. The van der Waals surface area contributed by atoms with Crippen molar-refractivity contribution in [3.05, 3.63) is 0 Å². The Kier molecular flexibility index (Phi) is 4.36. The molecule has 5 nitrogen and oxygen atoms in total. The first kappa shape index (κ1) is 12.8. The van der Waals surface area contributed by atoms with Crippen LogP contribution in [0.1, 0.15) is 25.7 Å². The molecule has 0 unspecified atom stereocenters. The van der Waals surface area contributed by atoms with Crippen LogP contribution in [0.25, 0.3) is 0 Å². The summed E-state index contributed by atoms with van der Waals surface area (Å²) in [6, 6.07) is 0. The highest BCUT2D eigenvalue weighted by atomic mass is 16.4. The summed E-state index contributed by atoms with van der Waals surface area (Å²) in [5.41, 5.74) is -0.631. The Morgan fingerprint density at radius 3 is 2.53 bits per heavy atom. The van der Waals surface area contributed by atoms with E-state index in [-0.39, 0.29) is 0 Å². The van der Waals surface area contributed by atoms with Crippen LogP contribution in [-0.2, 0) is 4.79 Å². The molecule has 0 spiro atoms. The summed E-state index contributed by atoms with van der Waals surface area (Å²) >= 11 is 0. The van der Waals surface area contributed by atoms with Gasteiger partial charge in [-0.15, -0.1) is 0 Å². The average molecular weight is 241 g/mol. The molecule has 0 aromatic heterocycles. The zero-order valence-electron chi connectivity index (χ0n) is 10.4. The van der Waals surface area contributed by atoms with Crippen molar-refractivity contribution in [1.82, 2.24) is 15.5 Å². The smallest absolute Gasteiger partial charge is 0.323 e. The molecule has 0 aromatic carbocycles. The molecule has 98 valence electrons. The van der Waals surface area contributed by atoms with Gasteiger partial charge in [-0.05, 0) is 12.8 Å². The van der Waals surface area contributed by atoms with E-state index in [0.717, 1.165) is 65.0 Å². The van der Waals surface area contributed by atoms with Gasteiger partial charge in [0.2, 0.25) is 0 Å². The summed E-state index contributed by atoms with van der Waals surface area (Å²) in [5, 5.41) is 15.9. The van der Waals surface area contributed by atoms with Gasteiger partial charge in [0.25, 0.3) is 0 Å². The van der Waals surface area contributed by atoms with Crippen LogP contribution >= 0.6 is 0 Å². The van der Waals surface area contributed by atoms with E-state index in [1.54, 1.807) is 0 Å². The lowest BCUT2D eigenvalue weighted by atomic mass is 9.98.